The Bertz CT molecular complexity index is 796. The molecule has 0 saturated carbocycles. The van der Waals surface area contributed by atoms with E-state index in [4.69, 9.17) is 11.6 Å². The normalized spacial score (nSPS) is 15.9. The van der Waals surface area contributed by atoms with Gasteiger partial charge in [-0.2, -0.15) is 0 Å². The van der Waals surface area contributed by atoms with Gasteiger partial charge in [-0.3, -0.25) is 14.6 Å². The number of nitrogens with zero attached hydrogens (tertiary/aromatic N) is 4. The van der Waals surface area contributed by atoms with Crippen LogP contribution in [0.3, 0.4) is 0 Å². The fraction of sp³-hybridized carbons (Fsp3) is 0.524. The Morgan fingerprint density at radius 1 is 1.18 bits per heavy atom. The van der Waals surface area contributed by atoms with Gasteiger partial charge in [0.15, 0.2) is 0 Å². The fourth-order valence-corrected chi connectivity index (χ4v) is 3.69. The van der Waals surface area contributed by atoms with Crippen molar-refractivity contribution in [2.45, 2.75) is 33.2 Å². The summed E-state index contributed by atoms with van der Waals surface area (Å²) in [5.74, 6) is 1.59. The number of hydrogen-bond donors (Lipinski definition) is 1. The third-order valence-corrected chi connectivity index (χ3v) is 5.62. The minimum atomic E-state index is 0.00774. The van der Waals surface area contributed by atoms with Crippen molar-refractivity contribution in [3.63, 3.8) is 0 Å². The van der Waals surface area contributed by atoms with E-state index >= 15 is 0 Å². The number of imidazole rings is 1. The smallest absolute Gasteiger partial charge is 0.238 e. The van der Waals surface area contributed by atoms with E-state index in [0.717, 1.165) is 56.3 Å². The summed E-state index contributed by atoms with van der Waals surface area (Å²) in [7, 11) is 0. The van der Waals surface area contributed by atoms with Crippen LogP contribution in [0.2, 0.25) is 5.02 Å². The number of halogens is 1. The molecule has 1 fully saturated rings. The summed E-state index contributed by atoms with van der Waals surface area (Å²) in [6.45, 7) is 12.5. The highest BCUT2D eigenvalue weighted by Crippen LogP contribution is 2.20. The Kier molecular flexibility index (Phi) is 7.10. The van der Waals surface area contributed by atoms with Crippen LogP contribution in [0.4, 0.5) is 5.69 Å². The van der Waals surface area contributed by atoms with E-state index in [-0.39, 0.29) is 5.91 Å². The first kappa shape index (κ1) is 20.8. The molecule has 1 N–H and O–H groups in total. The fourth-order valence-electron chi connectivity index (χ4n) is 3.50. The van der Waals surface area contributed by atoms with Crippen molar-refractivity contribution in [1.82, 2.24) is 19.4 Å². The zero-order valence-electron chi connectivity index (χ0n) is 17.0. The van der Waals surface area contributed by atoms with Crippen molar-refractivity contribution < 1.29 is 4.79 Å². The molecule has 0 aliphatic carbocycles. The summed E-state index contributed by atoms with van der Waals surface area (Å²) in [5, 5.41) is 3.61. The summed E-state index contributed by atoms with van der Waals surface area (Å²) in [5.41, 5.74) is 1.76. The Hall–Kier alpha value is -1.89. The molecule has 2 aromatic rings. The molecule has 0 radical (unpaired) electrons. The van der Waals surface area contributed by atoms with Crippen molar-refractivity contribution in [3.8, 4) is 0 Å². The molecule has 7 heteroatoms. The van der Waals surface area contributed by atoms with Crippen molar-refractivity contribution in [1.29, 1.82) is 0 Å². The number of benzene rings is 1. The molecule has 1 saturated heterocycles. The van der Waals surface area contributed by atoms with Crippen LogP contribution in [0.5, 0.6) is 0 Å². The van der Waals surface area contributed by atoms with Gasteiger partial charge < -0.3 is 9.88 Å². The number of carbonyl (C=O) groups is 1. The summed E-state index contributed by atoms with van der Waals surface area (Å²) < 4.78 is 2.25. The standard InChI is InChI=1S/C21H30ClN5O/c1-16(2)21-23-6-7-27(21)13-12-25-8-10-26(11-9-25)15-20(28)24-18-5-4-17(3)19(22)14-18/h4-7,14,16H,8-13,15H2,1-3H3,(H,24,28). The minimum absolute atomic E-state index is 0.00774. The van der Waals surface area contributed by atoms with Crippen molar-refractivity contribution in [2.24, 2.45) is 0 Å². The molecule has 0 unspecified atom stereocenters. The second kappa shape index (κ2) is 9.54. The number of nitrogens with one attached hydrogen (secondary N) is 1. The van der Waals surface area contributed by atoms with E-state index < -0.39 is 0 Å². The van der Waals surface area contributed by atoms with Crippen LogP contribution in [-0.2, 0) is 11.3 Å². The monoisotopic (exact) mass is 403 g/mol. The van der Waals surface area contributed by atoms with Crippen LogP contribution in [-0.4, -0.2) is 64.5 Å². The summed E-state index contributed by atoms with van der Waals surface area (Å²) >= 11 is 6.13. The molecule has 2 heterocycles. The van der Waals surface area contributed by atoms with Gasteiger partial charge in [-0.25, -0.2) is 4.98 Å². The highest BCUT2D eigenvalue weighted by Gasteiger charge is 2.19. The number of aryl methyl sites for hydroxylation is 1. The maximum absolute atomic E-state index is 12.3. The third kappa shape index (κ3) is 5.56. The molecule has 0 atom stereocenters. The molecule has 0 spiro atoms. The van der Waals surface area contributed by atoms with E-state index in [1.54, 1.807) is 6.07 Å². The number of anilines is 1. The lowest BCUT2D eigenvalue weighted by Gasteiger charge is -2.34. The molecule has 1 aromatic carbocycles. The number of carbonyl (C=O) groups excluding carboxylic acids is 1. The highest BCUT2D eigenvalue weighted by atomic mass is 35.5. The molecule has 0 bridgehead atoms. The van der Waals surface area contributed by atoms with Gasteiger partial charge in [-0.15, -0.1) is 0 Å². The van der Waals surface area contributed by atoms with Gasteiger partial charge in [-0.1, -0.05) is 31.5 Å². The average molecular weight is 404 g/mol. The van der Waals surface area contributed by atoms with Gasteiger partial charge in [0.05, 0.1) is 6.54 Å². The van der Waals surface area contributed by atoms with E-state index in [2.05, 4.69) is 44.7 Å². The van der Waals surface area contributed by atoms with Crippen LogP contribution in [0.1, 0.15) is 31.2 Å². The molecular formula is C21H30ClN5O. The molecule has 6 nitrogen and oxygen atoms in total. The molecule has 152 valence electrons. The predicted octanol–water partition coefficient (Wildman–Crippen LogP) is 3.22. The number of piperazine rings is 1. The maximum Gasteiger partial charge on any atom is 0.238 e. The van der Waals surface area contributed by atoms with Gasteiger partial charge >= 0.3 is 0 Å². The van der Waals surface area contributed by atoms with Gasteiger partial charge in [0, 0.05) is 68.3 Å². The molecule has 1 amide bonds. The van der Waals surface area contributed by atoms with Crippen molar-refractivity contribution in [2.75, 3.05) is 44.6 Å². The molecule has 28 heavy (non-hydrogen) atoms. The van der Waals surface area contributed by atoms with Crippen molar-refractivity contribution in [3.05, 3.63) is 47.0 Å². The largest absolute Gasteiger partial charge is 0.333 e. The SMILES string of the molecule is Cc1ccc(NC(=O)CN2CCN(CCn3ccnc3C(C)C)CC2)cc1Cl. The highest BCUT2D eigenvalue weighted by molar-refractivity contribution is 6.31. The van der Waals surface area contributed by atoms with Gasteiger partial charge in [0.1, 0.15) is 5.82 Å². The summed E-state index contributed by atoms with van der Waals surface area (Å²) in [6, 6.07) is 5.61. The van der Waals surface area contributed by atoms with Crippen LogP contribution in [0.25, 0.3) is 0 Å². The number of aromatic nitrogens is 2. The van der Waals surface area contributed by atoms with Crippen LogP contribution in [0, 0.1) is 6.92 Å². The summed E-state index contributed by atoms with van der Waals surface area (Å²) in [4.78, 5) is 21.4. The summed E-state index contributed by atoms with van der Waals surface area (Å²) in [6.07, 6.45) is 3.94. The first-order valence-corrected chi connectivity index (χ1v) is 10.3. The first-order chi connectivity index (χ1) is 13.4. The molecule has 1 aliphatic rings. The van der Waals surface area contributed by atoms with Crippen LogP contribution >= 0.6 is 11.6 Å². The Balaban J connectivity index is 1.40. The van der Waals surface area contributed by atoms with Gasteiger partial charge in [-0.05, 0) is 24.6 Å². The topological polar surface area (TPSA) is 53.4 Å². The Morgan fingerprint density at radius 2 is 1.89 bits per heavy atom. The number of hydrogen-bond acceptors (Lipinski definition) is 4. The molecule has 3 rings (SSSR count). The Labute approximate surface area is 172 Å². The van der Waals surface area contributed by atoms with Crippen molar-refractivity contribution >= 4 is 23.2 Å². The van der Waals surface area contributed by atoms with Crippen LogP contribution < -0.4 is 5.32 Å². The third-order valence-electron chi connectivity index (χ3n) is 5.21. The quantitative estimate of drug-likeness (QED) is 0.771. The van der Waals surface area contributed by atoms with Gasteiger partial charge in [0.25, 0.3) is 0 Å². The average Bonchev–Trinajstić information content (AvgIpc) is 3.13. The van der Waals surface area contributed by atoms with E-state index in [9.17, 15) is 4.79 Å². The van der Waals surface area contributed by atoms with Gasteiger partial charge in [0.2, 0.25) is 5.91 Å². The molecular weight excluding hydrogens is 374 g/mol. The lowest BCUT2D eigenvalue weighted by Crippen LogP contribution is -2.49. The minimum Gasteiger partial charge on any atom is -0.333 e. The lowest BCUT2D eigenvalue weighted by molar-refractivity contribution is -0.117. The second-order valence-corrected chi connectivity index (χ2v) is 8.17. The predicted molar refractivity (Wildman–Crippen MR) is 114 cm³/mol. The van der Waals surface area contributed by atoms with E-state index in [1.807, 2.05) is 25.3 Å². The zero-order chi connectivity index (χ0) is 20.1. The number of rotatable bonds is 7. The first-order valence-electron chi connectivity index (χ1n) is 9.94. The maximum atomic E-state index is 12.3. The Morgan fingerprint density at radius 3 is 2.57 bits per heavy atom. The molecule has 1 aromatic heterocycles. The van der Waals surface area contributed by atoms with E-state index in [1.165, 1.54) is 0 Å². The zero-order valence-corrected chi connectivity index (χ0v) is 17.7. The molecule has 1 aliphatic heterocycles. The lowest BCUT2D eigenvalue weighted by atomic mass is 10.2. The van der Waals surface area contributed by atoms with Crippen LogP contribution in [0.15, 0.2) is 30.6 Å². The second-order valence-electron chi connectivity index (χ2n) is 7.76. The number of amides is 1. The van der Waals surface area contributed by atoms with E-state index in [0.29, 0.717) is 17.5 Å².